The molecule has 1 atom stereocenters. The SMILES string of the molecule is CN=C(NCc1ccc(C(=O)N2CCCCC2)cc1)NCC1COc2ccccc2O1.I. The smallest absolute Gasteiger partial charge is 0.253 e. The van der Waals surface area contributed by atoms with Crippen LogP contribution in [-0.4, -0.2) is 56.2 Å². The summed E-state index contributed by atoms with van der Waals surface area (Å²) in [6.07, 6.45) is 3.33. The molecule has 0 saturated carbocycles. The molecule has 1 fully saturated rings. The van der Waals surface area contributed by atoms with Gasteiger partial charge in [0, 0.05) is 32.2 Å². The van der Waals surface area contributed by atoms with Crippen LogP contribution in [0.15, 0.2) is 53.5 Å². The van der Waals surface area contributed by atoms with E-state index in [-0.39, 0.29) is 36.0 Å². The molecule has 7 nitrogen and oxygen atoms in total. The molecule has 2 aliphatic heterocycles. The van der Waals surface area contributed by atoms with Crippen molar-refractivity contribution in [2.75, 3.05) is 33.3 Å². The standard InChI is InChI=1S/C24H30N4O3.HI/c1-25-24(27-16-20-17-30-21-7-3-4-8-22(21)31-20)26-15-18-9-11-19(12-10-18)23(29)28-13-5-2-6-14-28;/h3-4,7-12,20H,2,5-6,13-17H2,1H3,(H2,25,26,27);1H. The monoisotopic (exact) mass is 550 g/mol. The Bertz CT molecular complexity index is 914. The van der Waals surface area contributed by atoms with Crippen LogP contribution >= 0.6 is 24.0 Å². The number of halogens is 1. The lowest BCUT2D eigenvalue weighted by Crippen LogP contribution is -2.45. The molecule has 1 saturated heterocycles. The molecule has 2 aromatic rings. The summed E-state index contributed by atoms with van der Waals surface area (Å²) in [7, 11) is 1.74. The predicted molar refractivity (Wildman–Crippen MR) is 136 cm³/mol. The molecule has 0 spiro atoms. The molecule has 0 radical (unpaired) electrons. The van der Waals surface area contributed by atoms with Gasteiger partial charge in [-0.15, -0.1) is 24.0 Å². The minimum Gasteiger partial charge on any atom is -0.486 e. The minimum atomic E-state index is -0.0893. The quantitative estimate of drug-likeness (QED) is 0.339. The van der Waals surface area contributed by atoms with Crippen molar-refractivity contribution in [2.24, 2.45) is 4.99 Å². The topological polar surface area (TPSA) is 75.2 Å². The third-order valence-corrected chi connectivity index (χ3v) is 5.59. The number of hydrogen-bond donors (Lipinski definition) is 2. The van der Waals surface area contributed by atoms with Crippen molar-refractivity contribution >= 4 is 35.8 Å². The highest BCUT2D eigenvalue weighted by Gasteiger charge is 2.21. The molecule has 1 amide bonds. The van der Waals surface area contributed by atoms with Gasteiger partial charge in [0.25, 0.3) is 5.91 Å². The lowest BCUT2D eigenvalue weighted by molar-refractivity contribution is 0.0724. The Morgan fingerprint density at radius 2 is 1.75 bits per heavy atom. The van der Waals surface area contributed by atoms with E-state index < -0.39 is 0 Å². The van der Waals surface area contributed by atoms with Gasteiger partial charge >= 0.3 is 0 Å². The van der Waals surface area contributed by atoms with Crippen LogP contribution in [0.25, 0.3) is 0 Å². The minimum absolute atomic E-state index is 0. The van der Waals surface area contributed by atoms with E-state index in [2.05, 4.69) is 15.6 Å². The summed E-state index contributed by atoms with van der Waals surface area (Å²) in [6, 6.07) is 15.5. The van der Waals surface area contributed by atoms with Crippen molar-refractivity contribution < 1.29 is 14.3 Å². The van der Waals surface area contributed by atoms with Crippen molar-refractivity contribution in [1.82, 2.24) is 15.5 Å². The number of para-hydroxylation sites is 2. The zero-order chi connectivity index (χ0) is 21.5. The van der Waals surface area contributed by atoms with E-state index in [4.69, 9.17) is 9.47 Å². The van der Waals surface area contributed by atoms with Crippen molar-refractivity contribution in [1.29, 1.82) is 0 Å². The molecule has 0 aromatic heterocycles. The number of ether oxygens (including phenoxy) is 2. The fourth-order valence-electron chi connectivity index (χ4n) is 3.83. The molecule has 4 rings (SSSR count). The van der Waals surface area contributed by atoms with Crippen molar-refractivity contribution in [2.45, 2.75) is 31.9 Å². The summed E-state index contributed by atoms with van der Waals surface area (Å²) in [5.41, 5.74) is 1.84. The van der Waals surface area contributed by atoms with E-state index in [9.17, 15) is 4.79 Å². The van der Waals surface area contributed by atoms with Crippen molar-refractivity contribution in [3.63, 3.8) is 0 Å². The zero-order valence-electron chi connectivity index (χ0n) is 18.4. The Hall–Kier alpha value is -2.49. The van der Waals surface area contributed by atoms with Gasteiger partial charge in [-0.05, 0) is 49.1 Å². The number of fused-ring (bicyclic) bond motifs is 1. The molecular formula is C24H31IN4O3. The normalized spacial score (nSPS) is 17.8. The fraction of sp³-hybridized carbons (Fsp3) is 0.417. The number of likely N-dealkylation sites (tertiary alicyclic amines) is 1. The summed E-state index contributed by atoms with van der Waals surface area (Å²) >= 11 is 0. The number of nitrogens with one attached hydrogen (secondary N) is 2. The number of rotatable bonds is 5. The number of amides is 1. The number of hydrogen-bond acceptors (Lipinski definition) is 4. The van der Waals surface area contributed by atoms with Gasteiger partial charge in [0.05, 0.1) is 6.54 Å². The van der Waals surface area contributed by atoms with Gasteiger partial charge in [-0.1, -0.05) is 24.3 Å². The van der Waals surface area contributed by atoms with Crippen LogP contribution in [0.4, 0.5) is 0 Å². The van der Waals surface area contributed by atoms with E-state index in [1.165, 1.54) is 6.42 Å². The maximum absolute atomic E-state index is 12.6. The fourth-order valence-corrected chi connectivity index (χ4v) is 3.83. The summed E-state index contributed by atoms with van der Waals surface area (Å²) < 4.78 is 11.7. The molecule has 2 aliphatic rings. The lowest BCUT2D eigenvalue weighted by Gasteiger charge is -2.27. The van der Waals surface area contributed by atoms with E-state index in [0.29, 0.717) is 25.7 Å². The first-order chi connectivity index (χ1) is 15.2. The molecule has 172 valence electrons. The third-order valence-electron chi connectivity index (χ3n) is 5.59. The number of benzene rings is 2. The van der Waals surface area contributed by atoms with Gasteiger partial charge in [-0.2, -0.15) is 0 Å². The van der Waals surface area contributed by atoms with Gasteiger partial charge in [0.1, 0.15) is 12.7 Å². The molecular weight excluding hydrogens is 519 g/mol. The van der Waals surface area contributed by atoms with E-state index in [1.807, 2.05) is 53.4 Å². The molecule has 2 heterocycles. The Morgan fingerprint density at radius 3 is 2.47 bits per heavy atom. The zero-order valence-corrected chi connectivity index (χ0v) is 20.7. The van der Waals surface area contributed by atoms with Crippen LogP contribution in [0.1, 0.15) is 35.2 Å². The number of guanidine groups is 1. The number of carbonyl (C=O) groups excluding carboxylic acids is 1. The Morgan fingerprint density at radius 1 is 1.03 bits per heavy atom. The Labute approximate surface area is 206 Å². The highest BCUT2D eigenvalue weighted by molar-refractivity contribution is 14.0. The average Bonchev–Trinajstić information content (AvgIpc) is 2.84. The lowest BCUT2D eigenvalue weighted by atomic mass is 10.1. The van der Waals surface area contributed by atoms with Crippen LogP contribution in [0, 0.1) is 0 Å². The Kier molecular flexibility index (Phi) is 9.01. The largest absolute Gasteiger partial charge is 0.486 e. The third kappa shape index (κ3) is 6.27. The second-order valence-corrected chi connectivity index (χ2v) is 7.85. The summed E-state index contributed by atoms with van der Waals surface area (Å²) in [4.78, 5) is 18.8. The number of piperidine rings is 1. The first-order valence-corrected chi connectivity index (χ1v) is 10.9. The van der Waals surface area contributed by atoms with Crippen LogP contribution in [0.5, 0.6) is 11.5 Å². The summed E-state index contributed by atoms with van der Waals surface area (Å²) in [5, 5.41) is 6.59. The molecule has 2 N–H and O–H groups in total. The van der Waals surface area contributed by atoms with Crippen LogP contribution < -0.4 is 20.1 Å². The van der Waals surface area contributed by atoms with E-state index in [1.54, 1.807) is 7.05 Å². The number of aliphatic imine (C=N–C) groups is 1. The Balaban J connectivity index is 0.00000289. The van der Waals surface area contributed by atoms with Crippen LogP contribution in [0.3, 0.4) is 0 Å². The first-order valence-electron chi connectivity index (χ1n) is 10.9. The number of nitrogens with zero attached hydrogens (tertiary/aromatic N) is 2. The van der Waals surface area contributed by atoms with Crippen molar-refractivity contribution in [3.05, 3.63) is 59.7 Å². The molecule has 1 unspecified atom stereocenters. The highest BCUT2D eigenvalue weighted by atomic mass is 127. The maximum Gasteiger partial charge on any atom is 0.253 e. The molecule has 0 aliphatic carbocycles. The average molecular weight is 550 g/mol. The van der Waals surface area contributed by atoms with Crippen LogP contribution in [-0.2, 0) is 6.54 Å². The maximum atomic E-state index is 12.6. The van der Waals surface area contributed by atoms with Gasteiger partial charge < -0.3 is 25.0 Å². The second-order valence-electron chi connectivity index (χ2n) is 7.85. The van der Waals surface area contributed by atoms with Gasteiger partial charge in [0.2, 0.25) is 0 Å². The van der Waals surface area contributed by atoms with E-state index >= 15 is 0 Å². The van der Waals surface area contributed by atoms with E-state index in [0.717, 1.165) is 48.6 Å². The predicted octanol–water partition coefficient (Wildman–Crippen LogP) is 3.44. The summed E-state index contributed by atoms with van der Waals surface area (Å²) in [6.45, 7) is 3.42. The second kappa shape index (κ2) is 11.9. The highest BCUT2D eigenvalue weighted by Crippen LogP contribution is 2.30. The molecule has 32 heavy (non-hydrogen) atoms. The van der Waals surface area contributed by atoms with Gasteiger partial charge in [-0.25, -0.2) is 0 Å². The van der Waals surface area contributed by atoms with Gasteiger partial charge in [0.15, 0.2) is 17.5 Å². The van der Waals surface area contributed by atoms with Crippen molar-refractivity contribution in [3.8, 4) is 11.5 Å². The molecule has 0 bridgehead atoms. The molecule has 8 heteroatoms. The first kappa shape index (κ1) is 24.2. The molecule has 2 aromatic carbocycles. The summed E-state index contributed by atoms with van der Waals surface area (Å²) in [5.74, 6) is 2.37. The van der Waals surface area contributed by atoms with Crippen LogP contribution in [0.2, 0.25) is 0 Å². The van der Waals surface area contributed by atoms with Gasteiger partial charge in [-0.3, -0.25) is 9.79 Å². The number of carbonyl (C=O) groups is 1.